The first-order valence-corrected chi connectivity index (χ1v) is 11.5. The van der Waals surface area contributed by atoms with Crippen molar-refractivity contribution in [3.63, 3.8) is 0 Å². The van der Waals surface area contributed by atoms with Crippen molar-refractivity contribution in [3.05, 3.63) is 0 Å². The molecule has 0 aromatic heterocycles. The van der Waals surface area contributed by atoms with Crippen molar-refractivity contribution in [3.8, 4) is 0 Å². The van der Waals surface area contributed by atoms with E-state index in [1.165, 1.54) is 0 Å². The number of hydrogen-bond donors (Lipinski definition) is 1. The lowest BCUT2D eigenvalue weighted by molar-refractivity contribution is -0.279. The quantitative estimate of drug-likeness (QED) is 0.362. The highest BCUT2D eigenvalue weighted by Crippen LogP contribution is 2.56. The van der Waals surface area contributed by atoms with Gasteiger partial charge in [0, 0.05) is 11.8 Å². The maximum absolute atomic E-state index is 13.3. The highest BCUT2D eigenvalue weighted by molar-refractivity contribution is 7.87. The Morgan fingerprint density at radius 1 is 1.27 bits per heavy atom. The second kappa shape index (κ2) is 7.64. The van der Waals surface area contributed by atoms with Gasteiger partial charge < -0.3 is 18.9 Å². The van der Waals surface area contributed by atoms with Gasteiger partial charge in [-0.2, -0.15) is 17.2 Å². The molecule has 0 amide bonds. The standard InChI is InChI=1S/C18H24F2O9S/c19-18(20,30(23,24)25)16(22)26-6-2-5-12-8-10-3-1-4-11(7-10)17(12)28-13-9-27-15(21)14(13)29-17/h10-14H,1-9H2,(H,23,24,25). The van der Waals surface area contributed by atoms with Crippen LogP contribution >= 0.6 is 0 Å². The lowest BCUT2D eigenvalue weighted by Crippen LogP contribution is -2.53. The van der Waals surface area contributed by atoms with Crippen LogP contribution in [0.4, 0.5) is 8.78 Å². The van der Waals surface area contributed by atoms with Crippen molar-refractivity contribution in [2.45, 2.75) is 68.2 Å². The molecule has 1 N–H and O–H groups in total. The van der Waals surface area contributed by atoms with Gasteiger partial charge >= 0.3 is 27.3 Å². The maximum atomic E-state index is 13.3. The van der Waals surface area contributed by atoms with E-state index in [9.17, 15) is 26.8 Å². The van der Waals surface area contributed by atoms with Crippen LogP contribution < -0.4 is 0 Å². The number of halogens is 2. The normalized spacial score (nSPS) is 38.4. The number of carbonyl (C=O) groups excluding carboxylic acids is 2. The molecule has 4 rings (SSSR count). The Bertz CT molecular complexity index is 816. The van der Waals surface area contributed by atoms with E-state index in [4.69, 9.17) is 18.8 Å². The third kappa shape index (κ3) is 3.61. The zero-order chi connectivity index (χ0) is 21.7. The van der Waals surface area contributed by atoms with Crippen LogP contribution in [-0.4, -0.2) is 61.4 Å². The van der Waals surface area contributed by atoms with Gasteiger partial charge in [-0.3, -0.25) is 4.55 Å². The summed E-state index contributed by atoms with van der Waals surface area (Å²) in [6.07, 6.45) is 4.09. The van der Waals surface area contributed by atoms with Gasteiger partial charge in [0.05, 0.1) is 6.61 Å². The molecule has 9 nitrogen and oxygen atoms in total. The Morgan fingerprint density at radius 2 is 2.03 bits per heavy atom. The van der Waals surface area contributed by atoms with Gasteiger partial charge in [0.1, 0.15) is 12.7 Å². The van der Waals surface area contributed by atoms with Gasteiger partial charge in [0.15, 0.2) is 11.9 Å². The SMILES string of the molecule is O=C1OCC2OC3(OC12)C(CCCOC(=O)C(F)(F)S(=O)(=O)O)CC1CCCC3C1. The molecule has 4 fully saturated rings. The molecule has 170 valence electrons. The lowest BCUT2D eigenvalue weighted by Gasteiger charge is -2.51. The zero-order valence-corrected chi connectivity index (χ0v) is 16.9. The fourth-order valence-electron chi connectivity index (χ4n) is 5.33. The molecule has 30 heavy (non-hydrogen) atoms. The molecule has 0 aromatic carbocycles. The van der Waals surface area contributed by atoms with E-state index in [-0.39, 0.29) is 24.9 Å². The Balaban J connectivity index is 1.40. The van der Waals surface area contributed by atoms with Crippen LogP contribution in [0.1, 0.15) is 44.9 Å². The summed E-state index contributed by atoms with van der Waals surface area (Å²) in [5.41, 5.74) is 0. The summed E-state index contributed by atoms with van der Waals surface area (Å²) < 4.78 is 78.0. The molecule has 6 unspecified atom stereocenters. The van der Waals surface area contributed by atoms with E-state index in [1.807, 2.05) is 0 Å². The van der Waals surface area contributed by atoms with Gasteiger partial charge in [-0.25, -0.2) is 9.59 Å². The molecule has 2 saturated carbocycles. The summed E-state index contributed by atoms with van der Waals surface area (Å²) in [5.74, 6) is -3.25. The van der Waals surface area contributed by atoms with Crippen molar-refractivity contribution >= 4 is 22.1 Å². The summed E-state index contributed by atoms with van der Waals surface area (Å²) in [6, 6.07) is 0. The Labute approximate surface area is 172 Å². The van der Waals surface area contributed by atoms with E-state index in [2.05, 4.69) is 4.74 Å². The second-order valence-corrected chi connectivity index (χ2v) is 9.94. The molecule has 0 radical (unpaired) electrons. The Kier molecular flexibility index (Phi) is 5.57. The molecular weight excluding hydrogens is 430 g/mol. The molecule has 1 spiro atoms. The number of fused-ring (bicyclic) bond motifs is 4. The van der Waals surface area contributed by atoms with Gasteiger partial charge in [-0.15, -0.1) is 0 Å². The monoisotopic (exact) mass is 454 g/mol. The van der Waals surface area contributed by atoms with Crippen LogP contribution in [0.15, 0.2) is 0 Å². The van der Waals surface area contributed by atoms with E-state index in [0.29, 0.717) is 12.3 Å². The van der Waals surface area contributed by atoms with Gasteiger partial charge in [0.2, 0.25) is 0 Å². The summed E-state index contributed by atoms with van der Waals surface area (Å²) in [7, 11) is -5.89. The first-order valence-electron chi connectivity index (χ1n) is 10.1. The van der Waals surface area contributed by atoms with Crippen LogP contribution in [0, 0.1) is 17.8 Å². The van der Waals surface area contributed by atoms with Crippen molar-refractivity contribution in [2.75, 3.05) is 13.2 Å². The number of alkyl halides is 2. The number of hydrogen-bond acceptors (Lipinski definition) is 8. The number of cyclic esters (lactones) is 1. The molecule has 12 heteroatoms. The smallest absolute Gasteiger partial charge is 0.461 e. The topological polar surface area (TPSA) is 125 Å². The summed E-state index contributed by atoms with van der Waals surface area (Å²) >= 11 is 0. The number of rotatable bonds is 6. The second-order valence-electron chi connectivity index (χ2n) is 8.48. The minimum absolute atomic E-state index is 0.111. The predicted molar refractivity (Wildman–Crippen MR) is 93.7 cm³/mol. The van der Waals surface area contributed by atoms with Crippen molar-refractivity contribution in [2.24, 2.45) is 17.8 Å². The minimum Gasteiger partial charge on any atom is -0.461 e. The summed E-state index contributed by atoms with van der Waals surface area (Å²) in [6.45, 7) is -0.308. The molecule has 2 aliphatic carbocycles. The third-order valence-corrected chi connectivity index (χ3v) is 7.45. The molecule has 4 aliphatic rings. The third-order valence-electron chi connectivity index (χ3n) is 6.64. The van der Waals surface area contributed by atoms with E-state index >= 15 is 0 Å². The first kappa shape index (κ1) is 21.8. The van der Waals surface area contributed by atoms with Crippen LogP contribution in [0.25, 0.3) is 0 Å². The number of carbonyl (C=O) groups is 2. The average molecular weight is 454 g/mol. The minimum atomic E-state index is -5.89. The average Bonchev–Trinajstić information content (AvgIpc) is 3.22. The van der Waals surface area contributed by atoms with Crippen molar-refractivity contribution in [1.29, 1.82) is 0 Å². The molecular formula is C18H24F2O9S. The van der Waals surface area contributed by atoms with Crippen LogP contribution in [0.5, 0.6) is 0 Å². The molecule has 0 aromatic rings. The highest BCUT2D eigenvalue weighted by atomic mass is 32.2. The van der Waals surface area contributed by atoms with Gasteiger partial charge in [0.25, 0.3) is 0 Å². The van der Waals surface area contributed by atoms with Crippen molar-refractivity contribution in [1.82, 2.24) is 0 Å². The molecule has 2 heterocycles. The molecule has 2 aliphatic heterocycles. The van der Waals surface area contributed by atoms with E-state index in [0.717, 1.165) is 32.1 Å². The Morgan fingerprint density at radius 3 is 2.73 bits per heavy atom. The highest BCUT2D eigenvalue weighted by Gasteiger charge is 2.63. The molecule has 2 bridgehead atoms. The van der Waals surface area contributed by atoms with E-state index < -0.39 is 51.9 Å². The summed E-state index contributed by atoms with van der Waals surface area (Å²) in [5, 5.41) is -5.01. The largest absolute Gasteiger partial charge is 0.465 e. The fourth-order valence-corrected chi connectivity index (χ4v) is 5.60. The van der Waals surface area contributed by atoms with Crippen molar-refractivity contribution < 1.29 is 50.3 Å². The zero-order valence-electron chi connectivity index (χ0n) is 16.1. The van der Waals surface area contributed by atoms with Crippen LogP contribution in [0.3, 0.4) is 0 Å². The Hall–Kier alpha value is -1.37. The first-order chi connectivity index (χ1) is 14.0. The molecule has 2 saturated heterocycles. The number of ether oxygens (including phenoxy) is 4. The van der Waals surface area contributed by atoms with Gasteiger partial charge in [-0.05, 0) is 38.0 Å². The maximum Gasteiger partial charge on any atom is 0.465 e. The lowest BCUT2D eigenvalue weighted by atomic mass is 9.63. The summed E-state index contributed by atoms with van der Waals surface area (Å²) in [4.78, 5) is 23.3. The number of esters is 2. The molecule has 6 atom stereocenters. The van der Waals surface area contributed by atoms with Gasteiger partial charge in [-0.1, -0.05) is 12.8 Å². The van der Waals surface area contributed by atoms with Crippen LogP contribution in [0.2, 0.25) is 0 Å². The predicted octanol–water partition coefficient (Wildman–Crippen LogP) is 1.65. The van der Waals surface area contributed by atoms with E-state index in [1.54, 1.807) is 0 Å². The van der Waals surface area contributed by atoms with Crippen LogP contribution in [-0.2, 0) is 38.7 Å². The fraction of sp³-hybridized carbons (Fsp3) is 0.889.